The monoisotopic (exact) mass is 347 g/mol. The van der Waals surface area contributed by atoms with Crippen molar-refractivity contribution in [2.24, 2.45) is 0 Å². The summed E-state index contributed by atoms with van der Waals surface area (Å²) in [4.78, 5) is 4.28. The van der Waals surface area contributed by atoms with Gasteiger partial charge < -0.3 is 10.3 Å². The summed E-state index contributed by atoms with van der Waals surface area (Å²) in [5.41, 5.74) is 8.77. The van der Waals surface area contributed by atoms with Crippen molar-refractivity contribution in [2.75, 3.05) is 5.73 Å². The number of rotatable bonds is 2. The van der Waals surface area contributed by atoms with E-state index in [1.54, 1.807) is 12.1 Å². The van der Waals surface area contributed by atoms with Crippen LogP contribution in [0, 0.1) is 12.7 Å². The van der Waals surface area contributed by atoms with Crippen molar-refractivity contribution in [3.8, 4) is 22.8 Å². The lowest BCUT2D eigenvalue weighted by molar-refractivity contribution is 0.432. The van der Waals surface area contributed by atoms with E-state index in [1.807, 2.05) is 19.1 Å². The molecule has 0 amide bonds. The number of nitrogens with two attached hydrogens (primary N) is 1. The molecule has 0 spiro atoms. The first-order valence-corrected chi connectivity index (χ1v) is 6.99. The van der Waals surface area contributed by atoms with E-state index in [2.05, 4.69) is 26.1 Å². The number of aromatic nitrogens is 2. The van der Waals surface area contributed by atoms with Gasteiger partial charge in [0.05, 0.1) is 0 Å². The molecule has 0 aliphatic rings. The van der Waals surface area contributed by atoms with Crippen LogP contribution >= 0.6 is 15.9 Å². The highest BCUT2D eigenvalue weighted by atomic mass is 79.9. The molecule has 0 saturated carbocycles. The molecule has 0 bridgehead atoms. The molecule has 2 aromatic carbocycles. The highest BCUT2D eigenvalue weighted by molar-refractivity contribution is 9.10. The number of benzene rings is 2. The van der Waals surface area contributed by atoms with Crippen LogP contribution in [0.25, 0.3) is 22.8 Å². The second-order valence-electron chi connectivity index (χ2n) is 4.65. The van der Waals surface area contributed by atoms with Crippen molar-refractivity contribution in [1.29, 1.82) is 0 Å². The summed E-state index contributed by atoms with van der Waals surface area (Å²) in [5.74, 6) is 0.298. The van der Waals surface area contributed by atoms with Gasteiger partial charge in [0.2, 0.25) is 5.82 Å². The van der Waals surface area contributed by atoms with E-state index in [4.69, 9.17) is 10.3 Å². The van der Waals surface area contributed by atoms with E-state index >= 15 is 0 Å². The largest absolute Gasteiger partial charge is 0.398 e. The van der Waals surface area contributed by atoms with Crippen molar-refractivity contribution in [2.45, 2.75) is 6.92 Å². The van der Waals surface area contributed by atoms with Crippen molar-refractivity contribution >= 4 is 21.6 Å². The van der Waals surface area contributed by atoms with Crippen LogP contribution in [0.4, 0.5) is 10.1 Å². The average molecular weight is 348 g/mol. The smallest absolute Gasteiger partial charge is 0.258 e. The van der Waals surface area contributed by atoms with E-state index in [0.717, 1.165) is 11.1 Å². The predicted molar refractivity (Wildman–Crippen MR) is 82.0 cm³/mol. The molecule has 3 aromatic rings. The lowest BCUT2D eigenvalue weighted by Crippen LogP contribution is -1.90. The van der Waals surface area contributed by atoms with Crippen LogP contribution < -0.4 is 5.73 Å². The number of nitrogen functional groups attached to an aromatic ring is 1. The normalized spacial score (nSPS) is 10.8. The summed E-state index contributed by atoms with van der Waals surface area (Å²) < 4.78 is 19.2. The van der Waals surface area contributed by atoms with Crippen molar-refractivity contribution in [3.63, 3.8) is 0 Å². The topological polar surface area (TPSA) is 64.9 Å². The molecule has 0 unspecified atom stereocenters. The number of hydrogen-bond acceptors (Lipinski definition) is 4. The fourth-order valence-corrected chi connectivity index (χ4v) is 2.38. The summed E-state index contributed by atoms with van der Waals surface area (Å²) in [6, 6.07) is 9.95. The number of halogens is 2. The Hall–Kier alpha value is -2.21. The molecule has 0 aliphatic heterocycles. The Bertz CT molecular complexity index is 796. The fraction of sp³-hybridized carbons (Fsp3) is 0.0667. The molecule has 2 N–H and O–H groups in total. The number of aryl methyl sites for hydroxylation is 1. The van der Waals surface area contributed by atoms with Crippen molar-refractivity contribution in [3.05, 3.63) is 52.3 Å². The highest BCUT2D eigenvalue weighted by Gasteiger charge is 2.12. The van der Waals surface area contributed by atoms with Gasteiger partial charge >= 0.3 is 0 Å². The van der Waals surface area contributed by atoms with E-state index in [1.165, 1.54) is 12.1 Å². The van der Waals surface area contributed by atoms with Gasteiger partial charge in [-0.15, -0.1) is 0 Å². The lowest BCUT2D eigenvalue weighted by atomic mass is 10.1. The number of nitrogens with zero attached hydrogens (tertiary/aromatic N) is 2. The molecule has 1 heterocycles. The first kappa shape index (κ1) is 13.8. The highest BCUT2D eigenvalue weighted by Crippen LogP contribution is 2.27. The summed E-state index contributed by atoms with van der Waals surface area (Å²) >= 11 is 3.24. The maximum Gasteiger partial charge on any atom is 0.258 e. The summed E-state index contributed by atoms with van der Waals surface area (Å²) in [6.07, 6.45) is 0. The van der Waals surface area contributed by atoms with Gasteiger partial charge in [0.25, 0.3) is 5.89 Å². The van der Waals surface area contributed by atoms with Crippen molar-refractivity contribution in [1.82, 2.24) is 10.1 Å². The molecule has 3 rings (SSSR count). The Morgan fingerprint density at radius 3 is 2.67 bits per heavy atom. The Balaban J connectivity index is 2.01. The minimum absolute atomic E-state index is 0.323. The fourth-order valence-electron chi connectivity index (χ4n) is 1.91. The molecule has 0 fully saturated rings. The molecule has 106 valence electrons. The van der Waals surface area contributed by atoms with Crippen LogP contribution in [0.5, 0.6) is 0 Å². The molecular formula is C15H11BrFN3O. The van der Waals surface area contributed by atoms with E-state index in [9.17, 15) is 4.39 Å². The summed E-state index contributed by atoms with van der Waals surface area (Å²) in [7, 11) is 0. The zero-order chi connectivity index (χ0) is 15.0. The number of anilines is 1. The van der Waals surface area contributed by atoms with Gasteiger partial charge in [0.1, 0.15) is 5.82 Å². The Morgan fingerprint density at radius 1 is 1.14 bits per heavy atom. The SMILES string of the molecule is Cc1ccc(-c2nc(-c3cc(F)cc(Br)c3)no2)cc1N. The van der Waals surface area contributed by atoms with E-state index in [0.29, 0.717) is 27.4 Å². The Kier molecular flexibility index (Phi) is 3.47. The number of hydrogen-bond donors (Lipinski definition) is 1. The molecule has 21 heavy (non-hydrogen) atoms. The molecule has 0 aliphatic carbocycles. The van der Waals surface area contributed by atoms with Gasteiger partial charge in [-0.1, -0.05) is 27.2 Å². The van der Waals surface area contributed by atoms with Crippen LogP contribution in [0.3, 0.4) is 0 Å². The maximum atomic E-state index is 13.4. The van der Waals surface area contributed by atoms with Crippen LogP contribution in [0.15, 0.2) is 45.4 Å². The predicted octanol–water partition coefficient (Wildman–Crippen LogP) is 4.20. The molecular weight excluding hydrogens is 337 g/mol. The van der Waals surface area contributed by atoms with Crippen LogP contribution in [0.1, 0.15) is 5.56 Å². The Morgan fingerprint density at radius 2 is 1.95 bits per heavy atom. The van der Waals surface area contributed by atoms with Gasteiger partial charge in [0, 0.05) is 21.3 Å². The van der Waals surface area contributed by atoms with Gasteiger partial charge in [-0.25, -0.2) is 4.39 Å². The first-order chi connectivity index (χ1) is 10.0. The van der Waals surface area contributed by atoms with Crippen molar-refractivity contribution < 1.29 is 8.91 Å². The van der Waals surface area contributed by atoms with Gasteiger partial charge in [0.15, 0.2) is 0 Å². The zero-order valence-electron chi connectivity index (χ0n) is 11.1. The molecule has 6 heteroatoms. The average Bonchev–Trinajstić information content (AvgIpc) is 2.90. The van der Waals surface area contributed by atoms with Gasteiger partial charge in [-0.2, -0.15) is 4.98 Å². The van der Waals surface area contributed by atoms with Gasteiger partial charge in [-0.3, -0.25) is 0 Å². The summed E-state index contributed by atoms with van der Waals surface area (Å²) in [5, 5.41) is 3.88. The van der Waals surface area contributed by atoms with Crippen LogP contribution in [-0.4, -0.2) is 10.1 Å². The van der Waals surface area contributed by atoms with Crippen LogP contribution in [0.2, 0.25) is 0 Å². The molecule has 0 saturated heterocycles. The maximum absolute atomic E-state index is 13.4. The third kappa shape index (κ3) is 2.80. The van der Waals surface area contributed by atoms with Gasteiger partial charge in [-0.05, 0) is 42.8 Å². The third-order valence-corrected chi connectivity index (χ3v) is 3.53. The second kappa shape index (κ2) is 5.29. The Labute approximate surface area is 128 Å². The molecule has 0 radical (unpaired) electrons. The summed E-state index contributed by atoms with van der Waals surface area (Å²) in [6.45, 7) is 1.92. The zero-order valence-corrected chi connectivity index (χ0v) is 12.7. The quantitative estimate of drug-likeness (QED) is 0.705. The van der Waals surface area contributed by atoms with E-state index < -0.39 is 0 Å². The second-order valence-corrected chi connectivity index (χ2v) is 5.57. The lowest BCUT2D eigenvalue weighted by Gasteiger charge is -2.00. The standard InChI is InChI=1S/C15H11BrFN3O/c1-8-2-3-9(6-13(8)18)15-19-14(20-21-15)10-4-11(16)7-12(17)5-10/h2-7H,18H2,1H3. The molecule has 1 aromatic heterocycles. The minimum atomic E-state index is -0.370. The molecule has 4 nitrogen and oxygen atoms in total. The van der Waals surface area contributed by atoms with Crippen LogP contribution in [-0.2, 0) is 0 Å². The third-order valence-electron chi connectivity index (χ3n) is 3.07. The molecule has 0 atom stereocenters. The first-order valence-electron chi connectivity index (χ1n) is 6.19. The van der Waals surface area contributed by atoms with E-state index in [-0.39, 0.29) is 5.82 Å². The minimum Gasteiger partial charge on any atom is -0.398 e.